The molecule has 15 rings (SSSR count). The van der Waals surface area contributed by atoms with Gasteiger partial charge in [0.25, 0.3) is 0 Å². The van der Waals surface area contributed by atoms with E-state index in [-0.39, 0.29) is 5.82 Å². The molecule has 15 aromatic rings. The summed E-state index contributed by atoms with van der Waals surface area (Å²) in [7, 11) is 0. The van der Waals surface area contributed by atoms with Crippen LogP contribution in [0.1, 0.15) is 0 Å². The Hall–Kier alpha value is -10.5. The van der Waals surface area contributed by atoms with Gasteiger partial charge in [0.1, 0.15) is 22.6 Å². The number of hydrogen-bond donors (Lipinski definition) is 0. The van der Waals surface area contributed by atoms with Gasteiger partial charge in [0, 0.05) is 55.4 Å². The number of para-hydroxylation sites is 4. The van der Waals surface area contributed by atoms with Crippen molar-refractivity contribution < 1.29 is 13.2 Å². The zero-order chi connectivity index (χ0) is 52.4. The van der Waals surface area contributed by atoms with Gasteiger partial charge in [-0.25, -0.2) is 4.39 Å². The summed E-state index contributed by atoms with van der Waals surface area (Å²) in [6, 6.07) is 98.0. The zero-order valence-corrected chi connectivity index (χ0v) is 42.7. The summed E-state index contributed by atoms with van der Waals surface area (Å²) in [6.07, 6.45) is 0. The van der Waals surface area contributed by atoms with Gasteiger partial charge >= 0.3 is 0 Å². The van der Waals surface area contributed by atoms with E-state index in [4.69, 9.17) is 8.83 Å². The summed E-state index contributed by atoms with van der Waals surface area (Å²) in [5.41, 5.74) is 15.7. The number of nitrogens with zero attached hydrogens (tertiary/aromatic N) is 2. The van der Waals surface area contributed by atoms with Gasteiger partial charge in [-0.05, 0) is 111 Å². The molecular formula is C74H47FN2O2. The lowest BCUT2D eigenvalue weighted by molar-refractivity contribution is 0.630. The van der Waals surface area contributed by atoms with E-state index in [0.717, 1.165) is 138 Å². The molecule has 2 aromatic heterocycles. The number of rotatable bonds is 10. The van der Waals surface area contributed by atoms with Crippen LogP contribution in [-0.4, -0.2) is 0 Å². The van der Waals surface area contributed by atoms with Gasteiger partial charge in [0.05, 0.1) is 28.4 Å². The SMILES string of the molecule is Fc1cc(-c2ccccc2)cc(-c2ccccc2)c1N(c1ccc2c(c1)c1ccccc1c1c3ccc(N(c4ccccc4-c4ccccc4)c4cccc5c4oc4ccccc45)cc3oc21)c1ccccc1-c1ccccc1. The Morgan fingerprint density at radius 3 is 1.42 bits per heavy atom. The maximum absolute atomic E-state index is 18.0. The molecule has 0 atom stereocenters. The Balaban J connectivity index is 0.964. The fourth-order valence-electron chi connectivity index (χ4n) is 11.9. The first-order valence-electron chi connectivity index (χ1n) is 26.7. The molecule has 0 radical (unpaired) electrons. The van der Waals surface area contributed by atoms with E-state index in [1.165, 1.54) is 0 Å². The van der Waals surface area contributed by atoms with Gasteiger partial charge < -0.3 is 18.6 Å². The molecule has 0 unspecified atom stereocenters. The van der Waals surface area contributed by atoms with E-state index in [1.54, 1.807) is 6.07 Å². The normalized spacial score (nSPS) is 11.6. The van der Waals surface area contributed by atoms with Crippen LogP contribution in [0.2, 0.25) is 0 Å². The van der Waals surface area contributed by atoms with Crippen molar-refractivity contribution in [3.8, 4) is 44.5 Å². The van der Waals surface area contributed by atoms with Crippen molar-refractivity contribution in [1.82, 2.24) is 0 Å². The van der Waals surface area contributed by atoms with Gasteiger partial charge in [0.2, 0.25) is 0 Å². The van der Waals surface area contributed by atoms with Crippen molar-refractivity contribution in [2.75, 3.05) is 9.80 Å². The monoisotopic (exact) mass is 1010 g/mol. The predicted molar refractivity (Wildman–Crippen MR) is 327 cm³/mol. The lowest BCUT2D eigenvalue weighted by atomic mass is 9.93. The summed E-state index contributed by atoms with van der Waals surface area (Å²) in [4.78, 5) is 4.42. The number of anilines is 6. The summed E-state index contributed by atoms with van der Waals surface area (Å²) in [5, 5.41) is 8.21. The second-order valence-electron chi connectivity index (χ2n) is 20.0. The number of furan rings is 2. The van der Waals surface area contributed by atoms with Gasteiger partial charge in [0.15, 0.2) is 5.58 Å². The Bertz CT molecular complexity index is 4800. The molecule has 0 saturated carbocycles. The molecule has 5 heteroatoms. The summed E-state index contributed by atoms with van der Waals surface area (Å²) in [6.45, 7) is 0. The van der Waals surface area contributed by atoms with E-state index in [0.29, 0.717) is 5.69 Å². The van der Waals surface area contributed by atoms with Gasteiger partial charge in [-0.3, -0.25) is 0 Å². The fourth-order valence-corrected chi connectivity index (χ4v) is 11.9. The van der Waals surface area contributed by atoms with Crippen LogP contribution in [0.15, 0.2) is 294 Å². The summed E-state index contributed by atoms with van der Waals surface area (Å²) >= 11 is 0. The van der Waals surface area contributed by atoms with Crippen LogP contribution in [0.4, 0.5) is 38.5 Å². The van der Waals surface area contributed by atoms with E-state index >= 15 is 4.39 Å². The van der Waals surface area contributed by atoms with Gasteiger partial charge in [-0.15, -0.1) is 0 Å². The highest BCUT2D eigenvalue weighted by molar-refractivity contribution is 6.31. The molecule has 13 aromatic carbocycles. The minimum Gasteiger partial charge on any atom is -0.455 e. The van der Waals surface area contributed by atoms with Crippen LogP contribution in [0.25, 0.3) is 110 Å². The Morgan fingerprint density at radius 1 is 0.266 bits per heavy atom. The molecule has 2 heterocycles. The molecule has 79 heavy (non-hydrogen) atoms. The number of fused-ring (bicyclic) bond motifs is 11. The van der Waals surface area contributed by atoms with Crippen LogP contribution in [0.3, 0.4) is 0 Å². The molecule has 0 bridgehead atoms. The average molecular weight is 1020 g/mol. The lowest BCUT2D eigenvalue weighted by Gasteiger charge is -2.31. The molecule has 0 aliphatic rings. The van der Waals surface area contributed by atoms with Crippen molar-refractivity contribution >= 4 is 99.5 Å². The number of benzene rings is 13. The first kappa shape index (κ1) is 45.9. The highest BCUT2D eigenvalue weighted by Crippen LogP contribution is 2.51. The third kappa shape index (κ3) is 7.74. The van der Waals surface area contributed by atoms with Gasteiger partial charge in [-0.2, -0.15) is 0 Å². The summed E-state index contributed by atoms with van der Waals surface area (Å²) < 4.78 is 32.0. The number of halogens is 1. The maximum Gasteiger partial charge on any atom is 0.159 e. The minimum absolute atomic E-state index is 0.339. The first-order chi connectivity index (χ1) is 39.1. The fraction of sp³-hybridized carbons (Fsp3) is 0. The maximum atomic E-state index is 18.0. The molecule has 0 fully saturated rings. The first-order valence-corrected chi connectivity index (χ1v) is 26.7. The van der Waals surface area contributed by atoms with Crippen LogP contribution in [0, 0.1) is 5.82 Å². The third-order valence-electron chi connectivity index (χ3n) is 15.5. The molecule has 0 N–H and O–H groups in total. The largest absolute Gasteiger partial charge is 0.455 e. The zero-order valence-electron chi connectivity index (χ0n) is 42.7. The van der Waals surface area contributed by atoms with Crippen molar-refractivity contribution in [1.29, 1.82) is 0 Å². The van der Waals surface area contributed by atoms with Crippen molar-refractivity contribution in [3.63, 3.8) is 0 Å². The lowest BCUT2D eigenvalue weighted by Crippen LogP contribution is -2.14. The van der Waals surface area contributed by atoms with Crippen LogP contribution >= 0.6 is 0 Å². The minimum atomic E-state index is -0.339. The molecule has 0 spiro atoms. The second-order valence-corrected chi connectivity index (χ2v) is 20.0. The topological polar surface area (TPSA) is 32.8 Å². The molecule has 4 nitrogen and oxygen atoms in total. The molecule has 0 aliphatic heterocycles. The van der Waals surface area contributed by atoms with Crippen molar-refractivity contribution in [3.05, 3.63) is 291 Å². The van der Waals surface area contributed by atoms with E-state index in [2.05, 4.69) is 204 Å². The predicted octanol–water partition coefficient (Wildman–Crippen LogP) is 21.5. The summed E-state index contributed by atoms with van der Waals surface area (Å²) in [5.74, 6) is -0.339. The highest BCUT2D eigenvalue weighted by Gasteiger charge is 2.28. The Labute approximate surface area is 455 Å². The molecule has 372 valence electrons. The second kappa shape index (κ2) is 19.0. The van der Waals surface area contributed by atoms with Crippen LogP contribution < -0.4 is 9.80 Å². The Morgan fingerprint density at radius 2 is 0.747 bits per heavy atom. The van der Waals surface area contributed by atoms with E-state index in [9.17, 15) is 0 Å². The molecule has 0 saturated heterocycles. The average Bonchev–Trinajstić information content (AvgIpc) is 4.32. The smallest absolute Gasteiger partial charge is 0.159 e. The molecular weight excluding hydrogens is 968 g/mol. The quantitative estimate of drug-likeness (QED) is 0.128. The molecule has 0 amide bonds. The van der Waals surface area contributed by atoms with Crippen molar-refractivity contribution in [2.45, 2.75) is 0 Å². The number of hydrogen-bond acceptors (Lipinski definition) is 4. The standard InChI is InChI=1S/C74H47FN2O2/c75-65-45-52(48-22-5-1-6-23-48)44-63(51-28-11-4-12-29-51)72(65)77(67-37-19-16-31-56(67)50-26-9-3-10-27-50)53-40-42-61-64(46-53)57-32-13-14-34-59(57)71-62-43-41-54(47-70(62)79-74(61)71)76(66-36-18-15-30-55(66)49-24-7-2-8-25-49)68-38-21-35-60-58-33-17-20-39-69(58)78-73(60)68/h1-47H. The van der Waals surface area contributed by atoms with E-state index in [1.807, 2.05) is 84.9 Å². The van der Waals surface area contributed by atoms with Crippen LogP contribution in [0.5, 0.6) is 0 Å². The molecule has 0 aliphatic carbocycles. The van der Waals surface area contributed by atoms with Crippen LogP contribution in [-0.2, 0) is 0 Å². The Kier molecular flexibility index (Phi) is 11.0. The third-order valence-corrected chi connectivity index (χ3v) is 15.5. The van der Waals surface area contributed by atoms with E-state index < -0.39 is 0 Å². The highest BCUT2D eigenvalue weighted by atomic mass is 19.1. The van der Waals surface area contributed by atoms with Crippen molar-refractivity contribution in [2.24, 2.45) is 0 Å². The van der Waals surface area contributed by atoms with Gasteiger partial charge in [-0.1, -0.05) is 212 Å².